The van der Waals surface area contributed by atoms with Crippen molar-refractivity contribution in [3.8, 4) is 0 Å². The third-order valence-corrected chi connectivity index (χ3v) is 4.64. The normalized spacial score (nSPS) is 12.5. The van der Waals surface area contributed by atoms with Crippen LogP contribution in [0.25, 0.3) is 4.96 Å². The second-order valence-electron chi connectivity index (χ2n) is 4.92. The van der Waals surface area contributed by atoms with Crippen LogP contribution < -0.4 is 0 Å². The van der Waals surface area contributed by atoms with E-state index in [4.69, 9.17) is 4.74 Å². The predicted octanol–water partition coefficient (Wildman–Crippen LogP) is 3.33. The number of hydrogen-bond acceptors (Lipinski definition) is 5. The summed E-state index contributed by atoms with van der Waals surface area (Å²) in [5.74, 6) is -0.319. The number of esters is 1. The first-order valence-electron chi connectivity index (χ1n) is 6.63. The molecule has 0 saturated heterocycles. The Morgan fingerprint density at radius 2 is 2.00 bits per heavy atom. The Morgan fingerprint density at radius 1 is 1.29 bits per heavy atom. The van der Waals surface area contributed by atoms with Gasteiger partial charge in [-0.1, -0.05) is 29.0 Å². The lowest BCUT2D eigenvalue weighted by Gasteiger charge is -2.12. The Balaban J connectivity index is 1.80. The lowest BCUT2D eigenvalue weighted by Crippen LogP contribution is -2.09. The van der Waals surface area contributed by atoms with Crippen molar-refractivity contribution < 1.29 is 9.53 Å². The highest BCUT2D eigenvalue weighted by Gasteiger charge is 2.20. The number of benzene rings is 1. The Labute approximate surface area is 126 Å². The molecule has 3 aromatic rings. The summed E-state index contributed by atoms with van der Waals surface area (Å²) >= 11 is 1.49. The quantitative estimate of drug-likeness (QED) is 0.696. The molecule has 5 nitrogen and oxygen atoms in total. The van der Waals surface area contributed by atoms with Gasteiger partial charge in [-0.3, -0.25) is 0 Å². The summed E-state index contributed by atoms with van der Waals surface area (Å²) in [5.41, 5.74) is 2.63. The van der Waals surface area contributed by atoms with Gasteiger partial charge in [0.2, 0.25) is 4.96 Å². The summed E-state index contributed by atoms with van der Waals surface area (Å²) in [7, 11) is 0. The number of carbonyl (C=O) groups excluding carboxylic acids is 1. The zero-order valence-corrected chi connectivity index (χ0v) is 12.8. The molecule has 0 aliphatic carbocycles. The first kappa shape index (κ1) is 13.8. The van der Waals surface area contributed by atoms with Gasteiger partial charge >= 0.3 is 5.97 Å². The van der Waals surface area contributed by atoms with Crippen LogP contribution in [-0.2, 0) is 4.74 Å². The van der Waals surface area contributed by atoms with E-state index in [9.17, 15) is 4.79 Å². The molecule has 0 spiro atoms. The van der Waals surface area contributed by atoms with Crippen LogP contribution in [-0.4, -0.2) is 20.6 Å². The average Bonchev–Trinajstić information content (AvgIpc) is 3.03. The molecule has 0 aliphatic rings. The zero-order valence-electron chi connectivity index (χ0n) is 12.0. The molecule has 0 unspecified atom stereocenters. The number of carbonyl (C=O) groups is 1. The van der Waals surface area contributed by atoms with E-state index in [0.717, 1.165) is 21.1 Å². The molecule has 2 heterocycles. The first-order chi connectivity index (χ1) is 10.1. The number of aryl methyl sites for hydroxylation is 2. The van der Waals surface area contributed by atoms with Gasteiger partial charge in [0.05, 0.1) is 16.1 Å². The minimum Gasteiger partial charge on any atom is -0.453 e. The SMILES string of the molecule is Cc1ccc(C(=O)O[C@@H](C)c2sc3ncnn3c2C)cc1. The highest BCUT2D eigenvalue weighted by atomic mass is 32.1. The molecule has 0 radical (unpaired) electrons. The molecule has 21 heavy (non-hydrogen) atoms. The minimum atomic E-state index is -0.327. The maximum Gasteiger partial charge on any atom is 0.338 e. The monoisotopic (exact) mass is 301 g/mol. The highest BCUT2D eigenvalue weighted by molar-refractivity contribution is 7.17. The van der Waals surface area contributed by atoms with E-state index in [1.165, 1.54) is 17.7 Å². The Morgan fingerprint density at radius 3 is 2.67 bits per heavy atom. The van der Waals surface area contributed by atoms with Gasteiger partial charge < -0.3 is 4.74 Å². The van der Waals surface area contributed by atoms with Crippen LogP contribution in [0.3, 0.4) is 0 Å². The summed E-state index contributed by atoms with van der Waals surface area (Å²) in [4.78, 5) is 18.1. The van der Waals surface area contributed by atoms with Crippen LogP contribution in [0.5, 0.6) is 0 Å². The smallest absolute Gasteiger partial charge is 0.338 e. The molecule has 108 valence electrons. The van der Waals surface area contributed by atoms with Gasteiger partial charge in [-0.2, -0.15) is 5.10 Å². The van der Waals surface area contributed by atoms with Crippen molar-refractivity contribution in [1.82, 2.24) is 14.6 Å². The number of nitrogens with zero attached hydrogens (tertiary/aromatic N) is 3. The maximum atomic E-state index is 12.1. The van der Waals surface area contributed by atoms with Gasteiger partial charge in [-0.15, -0.1) is 0 Å². The number of thiazole rings is 1. The third-order valence-electron chi connectivity index (χ3n) is 3.33. The van der Waals surface area contributed by atoms with E-state index in [-0.39, 0.29) is 12.1 Å². The van der Waals surface area contributed by atoms with E-state index in [2.05, 4.69) is 10.1 Å². The fourth-order valence-corrected chi connectivity index (χ4v) is 3.17. The molecule has 1 atom stereocenters. The summed E-state index contributed by atoms with van der Waals surface area (Å²) < 4.78 is 7.30. The summed E-state index contributed by atoms with van der Waals surface area (Å²) in [6, 6.07) is 7.35. The first-order valence-corrected chi connectivity index (χ1v) is 7.44. The zero-order chi connectivity index (χ0) is 15.0. The molecule has 0 aliphatic heterocycles. The molecule has 0 fully saturated rings. The molecule has 2 aromatic heterocycles. The predicted molar refractivity (Wildman–Crippen MR) is 80.6 cm³/mol. The molecule has 6 heteroatoms. The maximum absolute atomic E-state index is 12.1. The fourth-order valence-electron chi connectivity index (χ4n) is 2.16. The molecule has 0 N–H and O–H groups in total. The van der Waals surface area contributed by atoms with Crippen molar-refractivity contribution in [2.45, 2.75) is 26.9 Å². The van der Waals surface area contributed by atoms with Gasteiger partial charge in [0.15, 0.2) is 0 Å². The summed E-state index contributed by atoms with van der Waals surface area (Å²) in [5, 5.41) is 4.14. The standard InChI is InChI=1S/C15H15N3O2S/c1-9-4-6-12(7-5-9)14(19)20-11(3)13-10(2)18-15(21-13)16-8-17-18/h4-8,11H,1-3H3/t11-/m0/s1. The van der Waals surface area contributed by atoms with Crippen molar-refractivity contribution in [1.29, 1.82) is 0 Å². The second kappa shape index (κ2) is 5.29. The van der Waals surface area contributed by atoms with E-state index < -0.39 is 0 Å². The van der Waals surface area contributed by atoms with Crippen molar-refractivity contribution in [2.75, 3.05) is 0 Å². The van der Waals surface area contributed by atoms with E-state index in [1.54, 1.807) is 16.6 Å². The van der Waals surface area contributed by atoms with Gasteiger partial charge in [-0.05, 0) is 32.9 Å². The third kappa shape index (κ3) is 2.54. The lowest BCUT2D eigenvalue weighted by molar-refractivity contribution is 0.0343. The number of ether oxygens (including phenoxy) is 1. The average molecular weight is 301 g/mol. The lowest BCUT2D eigenvalue weighted by atomic mass is 10.1. The molecule has 0 bridgehead atoms. The van der Waals surface area contributed by atoms with Gasteiger partial charge in [0, 0.05) is 0 Å². The molecular formula is C15H15N3O2S. The van der Waals surface area contributed by atoms with Crippen LogP contribution in [0.2, 0.25) is 0 Å². The largest absolute Gasteiger partial charge is 0.453 e. The molecule has 0 saturated carbocycles. The highest BCUT2D eigenvalue weighted by Crippen LogP contribution is 2.29. The van der Waals surface area contributed by atoms with Crippen molar-refractivity contribution in [3.63, 3.8) is 0 Å². The number of fused-ring (bicyclic) bond motifs is 1. The van der Waals surface area contributed by atoms with Crippen LogP contribution in [0.4, 0.5) is 0 Å². The van der Waals surface area contributed by atoms with E-state index in [1.807, 2.05) is 32.9 Å². The number of rotatable bonds is 3. The molecule has 0 amide bonds. The van der Waals surface area contributed by atoms with Crippen LogP contribution in [0.15, 0.2) is 30.6 Å². The van der Waals surface area contributed by atoms with Gasteiger partial charge in [0.1, 0.15) is 12.4 Å². The van der Waals surface area contributed by atoms with Crippen LogP contribution in [0, 0.1) is 13.8 Å². The van der Waals surface area contributed by atoms with Gasteiger partial charge in [-0.25, -0.2) is 14.3 Å². The molecular weight excluding hydrogens is 286 g/mol. The topological polar surface area (TPSA) is 56.5 Å². The number of hydrogen-bond donors (Lipinski definition) is 0. The van der Waals surface area contributed by atoms with E-state index in [0.29, 0.717) is 5.56 Å². The van der Waals surface area contributed by atoms with Crippen molar-refractivity contribution >= 4 is 22.3 Å². The number of aromatic nitrogens is 3. The molecule has 1 aromatic carbocycles. The van der Waals surface area contributed by atoms with Crippen molar-refractivity contribution in [3.05, 3.63) is 52.3 Å². The summed E-state index contributed by atoms with van der Waals surface area (Å²) in [6.07, 6.45) is 1.19. The molecule has 3 rings (SSSR count). The Bertz CT molecular complexity index is 789. The Hall–Kier alpha value is -2.21. The van der Waals surface area contributed by atoms with Crippen molar-refractivity contribution in [2.24, 2.45) is 0 Å². The minimum absolute atomic E-state index is 0.319. The second-order valence-corrected chi connectivity index (χ2v) is 5.93. The van der Waals surface area contributed by atoms with E-state index >= 15 is 0 Å². The summed E-state index contributed by atoms with van der Waals surface area (Å²) in [6.45, 7) is 5.80. The van der Waals surface area contributed by atoms with Crippen LogP contribution in [0.1, 0.15) is 39.5 Å². The van der Waals surface area contributed by atoms with Gasteiger partial charge in [0.25, 0.3) is 0 Å². The van der Waals surface area contributed by atoms with Crippen LogP contribution >= 0.6 is 11.3 Å². The fraction of sp³-hybridized carbons (Fsp3) is 0.267. The Kier molecular flexibility index (Phi) is 3.47.